The fourth-order valence-corrected chi connectivity index (χ4v) is 3.97. The van der Waals surface area contributed by atoms with Gasteiger partial charge in [-0.25, -0.2) is 4.98 Å². The number of fused-ring (bicyclic) bond motifs is 1. The number of para-hydroxylation sites is 1. The molecule has 1 aliphatic heterocycles. The summed E-state index contributed by atoms with van der Waals surface area (Å²) >= 11 is 6.08. The van der Waals surface area contributed by atoms with Gasteiger partial charge in [-0.05, 0) is 42.8 Å². The van der Waals surface area contributed by atoms with Crippen LogP contribution in [0.3, 0.4) is 0 Å². The Morgan fingerprint density at radius 1 is 1.22 bits per heavy atom. The highest BCUT2D eigenvalue weighted by Gasteiger charge is 2.41. The summed E-state index contributed by atoms with van der Waals surface area (Å²) in [6, 6.07) is 16.5. The van der Waals surface area contributed by atoms with Gasteiger partial charge in [-0.1, -0.05) is 35.9 Å². The van der Waals surface area contributed by atoms with Crippen LogP contribution in [-0.2, 0) is 9.53 Å². The number of hydrogen-bond donors (Lipinski definition) is 1. The largest absolute Gasteiger partial charge is 0.490 e. The lowest BCUT2D eigenvalue weighted by atomic mass is 9.97. The Labute approximate surface area is 191 Å². The molecular formula is C24H24ClN3O4. The zero-order valence-electron chi connectivity index (χ0n) is 17.7. The van der Waals surface area contributed by atoms with Gasteiger partial charge in [0.2, 0.25) is 5.91 Å². The SMILES string of the molecule is Cc1cc(OC[C@@]2(CC(N)=O)CN(C(=O)c3ccc4ccccc4n3)CCO2)ccc1Cl. The van der Waals surface area contributed by atoms with E-state index < -0.39 is 11.5 Å². The number of carbonyl (C=O) groups excluding carboxylic acids is 2. The van der Waals surface area contributed by atoms with Gasteiger partial charge in [-0.15, -0.1) is 0 Å². The monoisotopic (exact) mass is 453 g/mol. The molecule has 166 valence electrons. The molecule has 0 unspecified atom stereocenters. The predicted octanol–water partition coefficient (Wildman–Crippen LogP) is 3.36. The predicted molar refractivity (Wildman–Crippen MR) is 122 cm³/mol. The fourth-order valence-electron chi connectivity index (χ4n) is 3.85. The molecule has 0 aliphatic carbocycles. The van der Waals surface area contributed by atoms with Gasteiger partial charge in [-0.2, -0.15) is 0 Å². The Kier molecular flexibility index (Phi) is 6.30. The topological polar surface area (TPSA) is 94.8 Å². The number of carbonyl (C=O) groups is 2. The van der Waals surface area contributed by atoms with Crippen molar-refractivity contribution in [2.24, 2.45) is 5.73 Å². The summed E-state index contributed by atoms with van der Waals surface area (Å²) in [6.45, 7) is 2.74. The van der Waals surface area contributed by atoms with E-state index >= 15 is 0 Å². The van der Waals surface area contributed by atoms with Gasteiger partial charge < -0.3 is 20.1 Å². The van der Waals surface area contributed by atoms with Gasteiger partial charge in [0, 0.05) is 17.0 Å². The number of halogens is 1. The molecule has 0 radical (unpaired) electrons. The van der Waals surface area contributed by atoms with Crippen molar-refractivity contribution >= 4 is 34.3 Å². The minimum absolute atomic E-state index is 0.0614. The molecule has 2 aromatic carbocycles. The number of aryl methyl sites for hydroxylation is 1. The number of nitrogens with two attached hydrogens (primary N) is 1. The molecule has 8 heteroatoms. The molecule has 4 rings (SSSR count). The average molecular weight is 454 g/mol. The number of pyridine rings is 1. The zero-order valence-corrected chi connectivity index (χ0v) is 18.5. The van der Waals surface area contributed by atoms with Crippen LogP contribution in [0.1, 0.15) is 22.5 Å². The van der Waals surface area contributed by atoms with Gasteiger partial charge in [0.1, 0.15) is 23.7 Å². The first-order valence-electron chi connectivity index (χ1n) is 10.3. The Balaban J connectivity index is 1.54. The normalized spacial score (nSPS) is 18.5. The molecule has 32 heavy (non-hydrogen) atoms. The number of ether oxygens (including phenoxy) is 2. The fraction of sp³-hybridized carbons (Fsp3) is 0.292. The lowest BCUT2D eigenvalue weighted by Gasteiger charge is -2.41. The van der Waals surface area contributed by atoms with Crippen molar-refractivity contribution in [2.75, 3.05) is 26.3 Å². The van der Waals surface area contributed by atoms with Crippen molar-refractivity contribution in [2.45, 2.75) is 18.9 Å². The van der Waals surface area contributed by atoms with E-state index in [2.05, 4.69) is 4.98 Å². The van der Waals surface area contributed by atoms with E-state index in [0.717, 1.165) is 16.5 Å². The third kappa shape index (κ3) is 4.84. The van der Waals surface area contributed by atoms with Crippen molar-refractivity contribution in [3.63, 3.8) is 0 Å². The van der Waals surface area contributed by atoms with E-state index in [1.54, 1.807) is 23.1 Å². The molecule has 1 aromatic heterocycles. The van der Waals surface area contributed by atoms with Crippen molar-refractivity contribution in [1.29, 1.82) is 0 Å². The highest BCUT2D eigenvalue weighted by Crippen LogP contribution is 2.27. The Bertz CT molecular complexity index is 1170. The van der Waals surface area contributed by atoms with Crippen LogP contribution in [-0.4, -0.2) is 53.6 Å². The summed E-state index contributed by atoms with van der Waals surface area (Å²) in [7, 11) is 0. The second kappa shape index (κ2) is 9.14. The minimum atomic E-state index is -1.05. The van der Waals surface area contributed by atoms with Crippen LogP contribution in [0.15, 0.2) is 54.6 Å². The molecule has 2 amide bonds. The summed E-state index contributed by atoms with van der Waals surface area (Å²) in [5, 5.41) is 1.60. The number of aromatic nitrogens is 1. The lowest BCUT2D eigenvalue weighted by Crippen LogP contribution is -2.58. The minimum Gasteiger partial charge on any atom is -0.490 e. The summed E-state index contributed by atoms with van der Waals surface area (Å²) in [5.74, 6) is -0.159. The highest BCUT2D eigenvalue weighted by atomic mass is 35.5. The van der Waals surface area contributed by atoms with E-state index in [-0.39, 0.29) is 32.1 Å². The maximum Gasteiger partial charge on any atom is 0.272 e. The van der Waals surface area contributed by atoms with Crippen molar-refractivity contribution in [3.05, 3.63) is 70.9 Å². The molecule has 1 aliphatic rings. The van der Waals surface area contributed by atoms with E-state index in [0.29, 0.717) is 23.0 Å². The first-order valence-corrected chi connectivity index (χ1v) is 10.7. The Hall–Kier alpha value is -3.16. The number of amides is 2. The molecule has 0 bridgehead atoms. The first kappa shape index (κ1) is 22.0. The summed E-state index contributed by atoms with van der Waals surface area (Å²) in [6.07, 6.45) is -0.0749. The van der Waals surface area contributed by atoms with Crippen LogP contribution in [0.4, 0.5) is 0 Å². The van der Waals surface area contributed by atoms with Gasteiger partial charge in [0.25, 0.3) is 5.91 Å². The third-order valence-electron chi connectivity index (χ3n) is 5.48. The standard InChI is InChI=1S/C24H24ClN3O4/c1-16-12-18(7-8-19(16)25)31-15-24(13-22(26)29)14-28(10-11-32-24)23(30)21-9-6-17-4-2-3-5-20(17)27-21/h2-9,12H,10-11,13-15H2,1H3,(H2,26,29)/t24-/m1/s1. The zero-order chi connectivity index (χ0) is 22.7. The molecule has 7 nitrogen and oxygen atoms in total. The van der Waals surface area contributed by atoms with Gasteiger partial charge in [0.05, 0.1) is 25.1 Å². The quantitative estimate of drug-likeness (QED) is 0.617. The van der Waals surface area contributed by atoms with Crippen molar-refractivity contribution < 1.29 is 19.1 Å². The molecule has 0 spiro atoms. The first-order chi connectivity index (χ1) is 15.3. The number of rotatable bonds is 6. The summed E-state index contributed by atoms with van der Waals surface area (Å²) in [5.41, 5.74) is 6.42. The maximum absolute atomic E-state index is 13.2. The second-order valence-electron chi connectivity index (χ2n) is 7.99. The number of nitrogens with zero attached hydrogens (tertiary/aromatic N) is 2. The number of hydrogen-bond acceptors (Lipinski definition) is 5. The second-order valence-corrected chi connectivity index (χ2v) is 8.40. The van der Waals surface area contributed by atoms with Gasteiger partial charge >= 0.3 is 0 Å². The van der Waals surface area contributed by atoms with Gasteiger partial charge in [-0.3, -0.25) is 9.59 Å². The van der Waals surface area contributed by atoms with Crippen LogP contribution < -0.4 is 10.5 Å². The van der Waals surface area contributed by atoms with Gasteiger partial charge in [0.15, 0.2) is 0 Å². The lowest BCUT2D eigenvalue weighted by molar-refractivity contribution is -0.142. The molecule has 1 atom stereocenters. The number of primary amides is 1. The Morgan fingerprint density at radius 2 is 2.03 bits per heavy atom. The Morgan fingerprint density at radius 3 is 2.81 bits per heavy atom. The van der Waals surface area contributed by atoms with Crippen LogP contribution in [0.5, 0.6) is 5.75 Å². The molecule has 2 N–H and O–H groups in total. The summed E-state index contributed by atoms with van der Waals surface area (Å²) in [4.78, 5) is 31.2. The molecule has 1 saturated heterocycles. The van der Waals surface area contributed by atoms with E-state index in [9.17, 15) is 9.59 Å². The van der Waals surface area contributed by atoms with Crippen molar-refractivity contribution in [3.8, 4) is 5.75 Å². The average Bonchev–Trinajstić information content (AvgIpc) is 2.79. The van der Waals surface area contributed by atoms with E-state index in [4.69, 9.17) is 26.8 Å². The summed E-state index contributed by atoms with van der Waals surface area (Å²) < 4.78 is 11.9. The number of benzene rings is 2. The van der Waals surface area contributed by atoms with Crippen LogP contribution in [0.2, 0.25) is 5.02 Å². The van der Waals surface area contributed by atoms with Crippen LogP contribution in [0.25, 0.3) is 10.9 Å². The maximum atomic E-state index is 13.2. The molecule has 2 heterocycles. The van der Waals surface area contributed by atoms with E-state index in [1.807, 2.05) is 43.3 Å². The van der Waals surface area contributed by atoms with Crippen LogP contribution in [0, 0.1) is 6.92 Å². The number of morpholine rings is 1. The van der Waals surface area contributed by atoms with Crippen molar-refractivity contribution in [1.82, 2.24) is 9.88 Å². The molecular weight excluding hydrogens is 430 g/mol. The third-order valence-corrected chi connectivity index (χ3v) is 5.90. The smallest absolute Gasteiger partial charge is 0.272 e. The molecule has 1 fully saturated rings. The highest BCUT2D eigenvalue weighted by molar-refractivity contribution is 6.31. The molecule has 0 saturated carbocycles. The van der Waals surface area contributed by atoms with E-state index in [1.165, 1.54) is 0 Å². The molecule has 3 aromatic rings. The van der Waals surface area contributed by atoms with Crippen LogP contribution >= 0.6 is 11.6 Å².